The van der Waals surface area contributed by atoms with Crippen LogP contribution in [0.4, 0.5) is 11.8 Å². The van der Waals surface area contributed by atoms with Gasteiger partial charge in [0, 0.05) is 21.6 Å². The number of aromatic nitrogens is 4. The molecule has 0 radical (unpaired) electrons. The Balaban J connectivity index is 2.27. The number of benzene rings is 1. The molecule has 18 heavy (non-hydrogen) atoms. The number of H-pyrrole nitrogens is 1. The smallest absolute Gasteiger partial charge is 0.220 e. The highest BCUT2D eigenvalue weighted by Crippen LogP contribution is 2.31. The average Bonchev–Trinajstić information content (AvgIpc) is 2.72. The van der Waals surface area contributed by atoms with Crippen LogP contribution in [0.2, 0.25) is 0 Å². The van der Waals surface area contributed by atoms with Crippen LogP contribution in [0.1, 0.15) is 0 Å². The zero-order valence-corrected chi connectivity index (χ0v) is 10.8. The second kappa shape index (κ2) is 3.95. The largest absolute Gasteiger partial charge is 0.382 e. The molecule has 3 rings (SSSR count). The molecule has 0 aliphatic rings. The van der Waals surface area contributed by atoms with Gasteiger partial charge in [0.2, 0.25) is 5.95 Å². The van der Waals surface area contributed by atoms with E-state index < -0.39 is 0 Å². The predicted molar refractivity (Wildman–Crippen MR) is 73.6 cm³/mol. The highest BCUT2D eigenvalue weighted by molar-refractivity contribution is 9.10. The number of hydrogen-bond donors (Lipinski definition) is 3. The van der Waals surface area contributed by atoms with Crippen molar-refractivity contribution in [2.45, 2.75) is 0 Å². The van der Waals surface area contributed by atoms with E-state index in [0.29, 0.717) is 5.82 Å². The van der Waals surface area contributed by atoms with Crippen LogP contribution in [0.15, 0.2) is 28.9 Å². The van der Waals surface area contributed by atoms with Crippen LogP contribution in [0.25, 0.3) is 22.2 Å². The highest BCUT2D eigenvalue weighted by atomic mass is 79.9. The van der Waals surface area contributed by atoms with Crippen LogP contribution in [-0.2, 0) is 0 Å². The van der Waals surface area contributed by atoms with E-state index in [-0.39, 0.29) is 5.95 Å². The minimum absolute atomic E-state index is 0.240. The van der Waals surface area contributed by atoms with Crippen molar-refractivity contribution in [3.8, 4) is 11.3 Å². The Labute approximate surface area is 111 Å². The summed E-state index contributed by atoms with van der Waals surface area (Å²) in [4.78, 5) is 8.05. The maximum absolute atomic E-state index is 5.80. The Kier molecular flexibility index (Phi) is 2.41. The summed E-state index contributed by atoms with van der Waals surface area (Å²) in [6, 6.07) is 5.64. The number of fused-ring (bicyclic) bond motifs is 1. The molecule has 0 fully saturated rings. The van der Waals surface area contributed by atoms with Crippen molar-refractivity contribution >= 4 is 38.6 Å². The first-order valence-electron chi connectivity index (χ1n) is 5.17. The SMILES string of the molecule is Nc1nccc(-c2cc(Br)c3[nH]nc(N)c3c2)n1. The zero-order valence-electron chi connectivity index (χ0n) is 9.18. The summed E-state index contributed by atoms with van der Waals surface area (Å²) in [6.45, 7) is 0. The van der Waals surface area contributed by atoms with Gasteiger partial charge in [-0.1, -0.05) is 0 Å². The third kappa shape index (κ3) is 1.68. The molecule has 1 aromatic carbocycles. The Morgan fingerprint density at radius 3 is 2.83 bits per heavy atom. The normalized spacial score (nSPS) is 10.9. The molecular formula is C11H9BrN6. The molecule has 0 aliphatic carbocycles. The first kappa shape index (κ1) is 11.0. The number of halogens is 1. The van der Waals surface area contributed by atoms with Crippen molar-refractivity contribution in [3.63, 3.8) is 0 Å². The maximum atomic E-state index is 5.80. The average molecular weight is 305 g/mol. The highest BCUT2D eigenvalue weighted by Gasteiger charge is 2.10. The van der Waals surface area contributed by atoms with E-state index in [1.54, 1.807) is 12.3 Å². The van der Waals surface area contributed by atoms with Crippen LogP contribution in [-0.4, -0.2) is 20.2 Å². The summed E-state index contributed by atoms with van der Waals surface area (Å²) in [5.74, 6) is 0.693. The van der Waals surface area contributed by atoms with Crippen LogP contribution in [0, 0.1) is 0 Å². The maximum Gasteiger partial charge on any atom is 0.220 e. The molecule has 0 atom stereocenters. The monoisotopic (exact) mass is 304 g/mol. The van der Waals surface area contributed by atoms with Gasteiger partial charge in [-0.15, -0.1) is 0 Å². The summed E-state index contributed by atoms with van der Waals surface area (Å²) in [5.41, 5.74) is 13.9. The van der Waals surface area contributed by atoms with Crippen molar-refractivity contribution in [3.05, 3.63) is 28.9 Å². The second-order valence-corrected chi connectivity index (χ2v) is 4.64. The Hall–Kier alpha value is -2.15. The Morgan fingerprint density at radius 2 is 2.06 bits per heavy atom. The lowest BCUT2D eigenvalue weighted by atomic mass is 10.1. The Morgan fingerprint density at radius 1 is 1.22 bits per heavy atom. The number of rotatable bonds is 1. The molecule has 0 saturated carbocycles. The van der Waals surface area contributed by atoms with E-state index in [1.807, 2.05) is 12.1 Å². The molecule has 0 aliphatic heterocycles. The van der Waals surface area contributed by atoms with Gasteiger partial charge < -0.3 is 11.5 Å². The molecule has 0 bridgehead atoms. The first-order valence-corrected chi connectivity index (χ1v) is 5.96. The van der Waals surface area contributed by atoms with E-state index in [0.717, 1.165) is 26.6 Å². The fraction of sp³-hybridized carbons (Fsp3) is 0. The first-order chi connectivity index (χ1) is 8.65. The predicted octanol–water partition coefficient (Wildman–Crippen LogP) is 1.95. The number of hydrogen-bond acceptors (Lipinski definition) is 5. The van der Waals surface area contributed by atoms with Crippen molar-refractivity contribution in [2.24, 2.45) is 0 Å². The lowest BCUT2D eigenvalue weighted by Gasteiger charge is -2.03. The third-order valence-electron chi connectivity index (χ3n) is 2.62. The number of nitrogen functional groups attached to an aromatic ring is 2. The van der Waals surface area contributed by atoms with E-state index >= 15 is 0 Å². The third-order valence-corrected chi connectivity index (χ3v) is 3.25. The van der Waals surface area contributed by atoms with Crippen molar-refractivity contribution < 1.29 is 0 Å². The molecule has 2 heterocycles. The van der Waals surface area contributed by atoms with Gasteiger partial charge in [0.15, 0.2) is 5.82 Å². The number of anilines is 2. The van der Waals surface area contributed by atoms with Gasteiger partial charge >= 0.3 is 0 Å². The molecule has 6 nitrogen and oxygen atoms in total. The summed E-state index contributed by atoms with van der Waals surface area (Å²) in [5, 5.41) is 7.69. The van der Waals surface area contributed by atoms with Crippen LogP contribution in [0.5, 0.6) is 0 Å². The fourth-order valence-electron chi connectivity index (χ4n) is 1.78. The second-order valence-electron chi connectivity index (χ2n) is 3.79. The molecule has 0 amide bonds. The van der Waals surface area contributed by atoms with Gasteiger partial charge in [0.05, 0.1) is 11.2 Å². The van der Waals surface area contributed by atoms with E-state index in [9.17, 15) is 0 Å². The quantitative estimate of drug-likeness (QED) is 0.637. The molecule has 7 heteroatoms. The lowest BCUT2D eigenvalue weighted by molar-refractivity contribution is 1.12. The molecule has 2 aromatic heterocycles. The van der Waals surface area contributed by atoms with Crippen molar-refractivity contribution in [1.29, 1.82) is 0 Å². The van der Waals surface area contributed by atoms with Gasteiger partial charge in [-0.05, 0) is 34.1 Å². The van der Waals surface area contributed by atoms with E-state index in [1.165, 1.54) is 0 Å². The number of nitrogens with two attached hydrogens (primary N) is 2. The molecule has 3 aromatic rings. The van der Waals surface area contributed by atoms with Gasteiger partial charge in [-0.25, -0.2) is 9.97 Å². The van der Waals surface area contributed by atoms with E-state index in [4.69, 9.17) is 11.5 Å². The van der Waals surface area contributed by atoms with Crippen molar-refractivity contribution in [1.82, 2.24) is 20.2 Å². The lowest BCUT2D eigenvalue weighted by Crippen LogP contribution is -1.95. The molecule has 0 saturated heterocycles. The van der Waals surface area contributed by atoms with Gasteiger partial charge in [-0.3, -0.25) is 5.10 Å². The fourth-order valence-corrected chi connectivity index (χ4v) is 2.33. The Bertz CT molecular complexity index is 735. The summed E-state index contributed by atoms with van der Waals surface area (Å²) < 4.78 is 0.872. The van der Waals surface area contributed by atoms with E-state index in [2.05, 4.69) is 36.1 Å². The van der Waals surface area contributed by atoms with Crippen molar-refractivity contribution in [2.75, 3.05) is 11.5 Å². The van der Waals surface area contributed by atoms with Crippen LogP contribution in [0.3, 0.4) is 0 Å². The summed E-state index contributed by atoms with van der Waals surface area (Å²) in [6.07, 6.45) is 1.62. The number of nitrogens with one attached hydrogen (secondary N) is 1. The number of nitrogens with zero attached hydrogens (tertiary/aromatic N) is 3. The minimum Gasteiger partial charge on any atom is -0.382 e. The van der Waals surface area contributed by atoms with Gasteiger partial charge in [-0.2, -0.15) is 5.10 Å². The van der Waals surface area contributed by atoms with Crippen LogP contribution < -0.4 is 11.5 Å². The van der Waals surface area contributed by atoms with Gasteiger partial charge in [0.1, 0.15) is 0 Å². The standard InChI is InChI=1S/C11H9BrN6/c12-7-4-5(8-1-2-15-11(14)16-8)3-6-9(7)17-18-10(6)13/h1-4H,(H3,13,17,18)(H2,14,15,16). The van der Waals surface area contributed by atoms with Crippen LogP contribution >= 0.6 is 15.9 Å². The molecule has 5 N–H and O–H groups in total. The molecular weight excluding hydrogens is 296 g/mol. The topological polar surface area (TPSA) is 106 Å². The van der Waals surface area contributed by atoms with Gasteiger partial charge in [0.25, 0.3) is 0 Å². The summed E-state index contributed by atoms with van der Waals surface area (Å²) >= 11 is 3.48. The molecule has 0 spiro atoms. The summed E-state index contributed by atoms with van der Waals surface area (Å²) in [7, 11) is 0. The number of aromatic amines is 1. The minimum atomic E-state index is 0.240. The zero-order chi connectivity index (χ0) is 12.7. The molecule has 90 valence electrons. The molecule has 0 unspecified atom stereocenters.